The molecule has 1 fully saturated rings. The molecule has 0 aliphatic heterocycles. The number of carboxylic acids is 1. The van der Waals surface area contributed by atoms with E-state index in [9.17, 15) is 22.8 Å². The molecule has 0 saturated heterocycles. The van der Waals surface area contributed by atoms with Crippen molar-refractivity contribution in [1.29, 1.82) is 0 Å². The fourth-order valence-electron chi connectivity index (χ4n) is 1.84. The van der Waals surface area contributed by atoms with Crippen molar-refractivity contribution in [2.75, 3.05) is 0 Å². The summed E-state index contributed by atoms with van der Waals surface area (Å²) in [6, 6.07) is 0.269. The first kappa shape index (κ1) is 19.6. The van der Waals surface area contributed by atoms with E-state index in [4.69, 9.17) is 9.90 Å². The molecule has 1 amide bonds. The van der Waals surface area contributed by atoms with Gasteiger partial charge in [0.1, 0.15) is 10.7 Å². The first-order chi connectivity index (χ1) is 12.2. The number of aromatic amines is 1. The Balaban J connectivity index is 0.000000298. The van der Waals surface area contributed by atoms with Crippen LogP contribution in [0, 0.1) is 0 Å². The monoisotopic (exact) mass is 390 g/mol. The number of nitrogens with zero attached hydrogens (tertiary/aromatic N) is 3. The van der Waals surface area contributed by atoms with Gasteiger partial charge in [0.05, 0.1) is 12.7 Å². The lowest BCUT2D eigenvalue weighted by Gasteiger charge is -2.20. The molecule has 1 saturated carbocycles. The van der Waals surface area contributed by atoms with Gasteiger partial charge < -0.3 is 15.0 Å². The van der Waals surface area contributed by atoms with Crippen LogP contribution in [0.25, 0.3) is 0 Å². The number of aliphatic carboxylic acids is 1. The van der Waals surface area contributed by atoms with Crippen LogP contribution in [0.3, 0.4) is 0 Å². The normalized spacial score (nSPS) is 13.5. The van der Waals surface area contributed by atoms with E-state index in [0.29, 0.717) is 6.54 Å². The average molecular weight is 390 g/mol. The van der Waals surface area contributed by atoms with E-state index >= 15 is 0 Å². The predicted octanol–water partition coefficient (Wildman–Crippen LogP) is 1.66. The van der Waals surface area contributed by atoms with E-state index in [2.05, 4.69) is 15.0 Å². The SMILES string of the molecule is O=C(O)C(F)(F)F.O=C(c1c[nH]c(=O)cn1)N(Cc1nccs1)C1CC1. The molecular weight excluding hydrogens is 377 g/mol. The van der Waals surface area contributed by atoms with Crippen LogP contribution in [-0.4, -0.2) is 49.1 Å². The maximum atomic E-state index is 12.4. The first-order valence-electron chi connectivity index (χ1n) is 7.22. The number of carbonyl (C=O) groups excluding carboxylic acids is 1. The Bertz CT molecular complexity index is 798. The summed E-state index contributed by atoms with van der Waals surface area (Å²) in [5.41, 5.74) is -0.0440. The number of nitrogens with one attached hydrogen (secondary N) is 1. The molecule has 2 aromatic rings. The number of halogens is 3. The molecule has 1 aliphatic rings. The van der Waals surface area contributed by atoms with E-state index < -0.39 is 12.1 Å². The smallest absolute Gasteiger partial charge is 0.475 e. The van der Waals surface area contributed by atoms with Gasteiger partial charge in [-0.25, -0.2) is 14.8 Å². The van der Waals surface area contributed by atoms with Gasteiger partial charge in [0, 0.05) is 23.8 Å². The first-order valence-corrected chi connectivity index (χ1v) is 8.10. The van der Waals surface area contributed by atoms with E-state index in [1.165, 1.54) is 17.5 Å². The van der Waals surface area contributed by atoms with Crippen molar-refractivity contribution >= 4 is 23.2 Å². The molecule has 8 nitrogen and oxygen atoms in total. The van der Waals surface area contributed by atoms with Crippen LogP contribution in [0.5, 0.6) is 0 Å². The number of thiazole rings is 1. The molecule has 0 unspecified atom stereocenters. The van der Waals surface area contributed by atoms with Gasteiger partial charge in [0.2, 0.25) is 0 Å². The predicted molar refractivity (Wildman–Crippen MR) is 83.6 cm³/mol. The molecule has 0 bridgehead atoms. The Hall–Kier alpha value is -2.76. The average Bonchev–Trinajstić information content (AvgIpc) is 3.28. The lowest BCUT2D eigenvalue weighted by atomic mass is 10.3. The van der Waals surface area contributed by atoms with Crippen molar-refractivity contribution in [2.45, 2.75) is 31.6 Å². The molecule has 2 aromatic heterocycles. The number of H-pyrrole nitrogens is 1. The molecule has 2 heterocycles. The van der Waals surface area contributed by atoms with Gasteiger partial charge in [-0.05, 0) is 12.8 Å². The lowest BCUT2D eigenvalue weighted by Crippen LogP contribution is -2.33. The summed E-state index contributed by atoms with van der Waals surface area (Å²) < 4.78 is 31.7. The zero-order valence-corrected chi connectivity index (χ0v) is 13.9. The summed E-state index contributed by atoms with van der Waals surface area (Å²) in [4.78, 5) is 44.6. The van der Waals surface area contributed by atoms with Crippen LogP contribution in [0.15, 0.2) is 28.8 Å². The second kappa shape index (κ2) is 8.08. The van der Waals surface area contributed by atoms with Crippen LogP contribution in [0.4, 0.5) is 13.2 Å². The van der Waals surface area contributed by atoms with Crippen LogP contribution in [-0.2, 0) is 11.3 Å². The zero-order valence-electron chi connectivity index (χ0n) is 13.1. The summed E-state index contributed by atoms with van der Waals surface area (Å²) >= 11 is 1.53. The molecule has 3 rings (SSSR count). The van der Waals surface area contributed by atoms with Crippen molar-refractivity contribution < 1.29 is 27.9 Å². The molecule has 0 atom stereocenters. The summed E-state index contributed by atoms with van der Waals surface area (Å²) in [5, 5.41) is 9.92. The largest absolute Gasteiger partial charge is 0.490 e. The molecular formula is C14H13F3N4O4S. The topological polar surface area (TPSA) is 116 Å². The summed E-state index contributed by atoms with van der Waals surface area (Å²) in [5.74, 6) is -2.92. The minimum absolute atomic E-state index is 0.158. The van der Waals surface area contributed by atoms with Crippen LogP contribution < -0.4 is 5.56 Å². The third kappa shape index (κ3) is 5.65. The molecule has 26 heavy (non-hydrogen) atoms. The Morgan fingerprint density at radius 1 is 1.35 bits per heavy atom. The van der Waals surface area contributed by atoms with Crippen molar-refractivity contribution in [3.8, 4) is 0 Å². The van der Waals surface area contributed by atoms with Crippen molar-refractivity contribution in [1.82, 2.24) is 19.9 Å². The van der Waals surface area contributed by atoms with Gasteiger partial charge in [0.25, 0.3) is 11.5 Å². The van der Waals surface area contributed by atoms with Crippen molar-refractivity contribution in [3.05, 3.63) is 45.0 Å². The fourth-order valence-corrected chi connectivity index (χ4v) is 2.45. The summed E-state index contributed by atoms with van der Waals surface area (Å²) in [6.45, 7) is 0.502. The minimum atomic E-state index is -5.08. The second-order valence-corrected chi connectivity index (χ2v) is 6.17. The van der Waals surface area contributed by atoms with E-state index in [0.717, 1.165) is 24.0 Å². The van der Waals surface area contributed by atoms with E-state index in [1.54, 1.807) is 11.1 Å². The van der Waals surface area contributed by atoms with Crippen molar-refractivity contribution in [2.24, 2.45) is 0 Å². The Kier molecular flexibility index (Phi) is 6.08. The van der Waals surface area contributed by atoms with E-state index in [-0.39, 0.29) is 23.2 Å². The highest BCUT2D eigenvalue weighted by Crippen LogP contribution is 2.29. The number of amides is 1. The Morgan fingerprint density at radius 3 is 2.42 bits per heavy atom. The fraction of sp³-hybridized carbons (Fsp3) is 0.357. The third-order valence-corrected chi connectivity index (χ3v) is 3.94. The number of alkyl halides is 3. The number of hydrogen-bond acceptors (Lipinski definition) is 6. The third-order valence-electron chi connectivity index (χ3n) is 3.17. The maximum Gasteiger partial charge on any atom is 0.490 e. The highest BCUT2D eigenvalue weighted by Gasteiger charge is 2.38. The summed E-state index contributed by atoms with van der Waals surface area (Å²) in [7, 11) is 0. The van der Waals surface area contributed by atoms with Gasteiger partial charge in [0.15, 0.2) is 0 Å². The van der Waals surface area contributed by atoms with Crippen molar-refractivity contribution in [3.63, 3.8) is 0 Å². The summed E-state index contributed by atoms with van der Waals surface area (Å²) in [6.07, 6.45) is 1.17. The van der Waals surface area contributed by atoms with Crippen LogP contribution in [0.2, 0.25) is 0 Å². The number of rotatable bonds is 4. The molecule has 2 N–H and O–H groups in total. The quantitative estimate of drug-likeness (QED) is 0.820. The second-order valence-electron chi connectivity index (χ2n) is 5.19. The molecule has 1 aliphatic carbocycles. The number of carboxylic acid groups (broad SMARTS) is 1. The molecule has 12 heteroatoms. The Labute approximate surface area is 148 Å². The zero-order chi connectivity index (χ0) is 19.3. The molecule has 0 aromatic carbocycles. The molecule has 140 valence electrons. The van der Waals surface area contributed by atoms with E-state index in [1.807, 2.05) is 5.38 Å². The maximum absolute atomic E-state index is 12.4. The van der Waals surface area contributed by atoms with Gasteiger partial charge >= 0.3 is 12.1 Å². The number of aromatic nitrogens is 3. The standard InChI is InChI=1S/C12H12N4O2S.C2HF3O2/c17-10-6-14-9(5-15-10)12(18)16(8-1-2-8)7-11-13-3-4-19-11;3-2(4,5)1(6)7/h3-6,8H,1-2,7H2,(H,15,17);(H,6,7). The van der Waals surface area contributed by atoms with Gasteiger partial charge in [-0.15, -0.1) is 11.3 Å². The molecule has 0 radical (unpaired) electrons. The van der Waals surface area contributed by atoms with Gasteiger partial charge in [-0.1, -0.05) is 0 Å². The van der Waals surface area contributed by atoms with Crippen LogP contribution >= 0.6 is 11.3 Å². The molecule has 0 spiro atoms. The van der Waals surface area contributed by atoms with Gasteiger partial charge in [-0.3, -0.25) is 9.59 Å². The minimum Gasteiger partial charge on any atom is -0.475 e. The number of hydrogen-bond donors (Lipinski definition) is 2. The number of carbonyl (C=O) groups is 2. The van der Waals surface area contributed by atoms with Crippen LogP contribution in [0.1, 0.15) is 28.3 Å². The Morgan fingerprint density at radius 2 is 2.00 bits per heavy atom. The highest BCUT2D eigenvalue weighted by molar-refractivity contribution is 7.09. The lowest BCUT2D eigenvalue weighted by molar-refractivity contribution is -0.192. The highest BCUT2D eigenvalue weighted by atomic mass is 32.1. The van der Waals surface area contributed by atoms with Gasteiger partial charge in [-0.2, -0.15) is 13.2 Å².